The Balaban J connectivity index is 1.40. The minimum absolute atomic E-state index is 0.232. The molecule has 0 aliphatic heterocycles. The molecule has 0 bridgehead atoms. The molecular weight excluding hydrogens is 336 g/mol. The molecule has 0 unspecified atom stereocenters. The SMILES string of the molecule is O=C(OCCSSc1ccccn1)On1nnc2ccccc21. The van der Waals surface area contributed by atoms with E-state index in [1.165, 1.54) is 10.8 Å². The van der Waals surface area contributed by atoms with Crippen molar-refractivity contribution < 1.29 is 14.4 Å². The lowest BCUT2D eigenvalue weighted by Gasteiger charge is -2.04. The number of rotatable bonds is 6. The first-order valence-corrected chi connectivity index (χ1v) is 9.01. The van der Waals surface area contributed by atoms with Gasteiger partial charge in [0.1, 0.15) is 22.7 Å². The van der Waals surface area contributed by atoms with Crippen LogP contribution in [0.1, 0.15) is 0 Å². The van der Waals surface area contributed by atoms with Crippen molar-refractivity contribution in [2.45, 2.75) is 5.03 Å². The van der Waals surface area contributed by atoms with Crippen molar-refractivity contribution in [2.24, 2.45) is 0 Å². The van der Waals surface area contributed by atoms with Crippen LogP contribution in [0.3, 0.4) is 0 Å². The Morgan fingerprint density at radius 2 is 2.04 bits per heavy atom. The Hall–Kier alpha value is -2.26. The Bertz CT molecular complexity index is 782. The zero-order valence-corrected chi connectivity index (χ0v) is 13.5. The Morgan fingerprint density at radius 1 is 1.17 bits per heavy atom. The fourth-order valence-corrected chi connectivity index (χ4v) is 3.37. The molecule has 0 saturated carbocycles. The van der Waals surface area contributed by atoms with Crippen molar-refractivity contribution in [1.82, 2.24) is 20.1 Å². The number of pyridine rings is 1. The molecule has 0 radical (unpaired) electrons. The summed E-state index contributed by atoms with van der Waals surface area (Å²) in [6.45, 7) is 0.232. The summed E-state index contributed by atoms with van der Waals surface area (Å²) in [7, 11) is 3.07. The van der Waals surface area contributed by atoms with Crippen LogP contribution in [0.4, 0.5) is 4.79 Å². The van der Waals surface area contributed by atoms with Crippen LogP contribution >= 0.6 is 21.6 Å². The van der Waals surface area contributed by atoms with Gasteiger partial charge in [-0.3, -0.25) is 4.84 Å². The fraction of sp³-hybridized carbons (Fsp3) is 0.143. The average Bonchev–Trinajstić information content (AvgIpc) is 2.99. The van der Waals surface area contributed by atoms with Gasteiger partial charge in [-0.05, 0) is 40.3 Å². The highest BCUT2D eigenvalue weighted by Gasteiger charge is 2.10. The number of benzene rings is 1. The Kier molecular flexibility index (Phi) is 5.33. The number of ether oxygens (including phenoxy) is 1. The van der Waals surface area contributed by atoms with E-state index >= 15 is 0 Å². The second-order valence-electron chi connectivity index (χ2n) is 4.21. The van der Waals surface area contributed by atoms with Crippen molar-refractivity contribution in [2.75, 3.05) is 12.4 Å². The highest BCUT2D eigenvalue weighted by atomic mass is 33.1. The number of hydrogen-bond donors (Lipinski definition) is 0. The van der Waals surface area contributed by atoms with Crippen molar-refractivity contribution in [3.05, 3.63) is 48.7 Å². The van der Waals surface area contributed by atoms with Gasteiger partial charge in [0, 0.05) is 11.9 Å². The maximum Gasteiger partial charge on any atom is 0.535 e. The van der Waals surface area contributed by atoms with Crippen LogP contribution in [0.5, 0.6) is 0 Å². The average molecular weight is 348 g/mol. The van der Waals surface area contributed by atoms with Crippen molar-refractivity contribution in [3.8, 4) is 0 Å². The van der Waals surface area contributed by atoms with E-state index in [2.05, 4.69) is 15.3 Å². The predicted octanol–water partition coefficient (Wildman–Crippen LogP) is 2.83. The molecule has 2 heterocycles. The lowest BCUT2D eigenvalue weighted by molar-refractivity contribution is 0.0434. The van der Waals surface area contributed by atoms with Gasteiger partial charge in [-0.2, -0.15) is 0 Å². The van der Waals surface area contributed by atoms with E-state index in [1.54, 1.807) is 29.1 Å². The zero-order valence-electron chi connectivity index (χ0n) is 11.9. The number of fused-ring (bicyclic) bond motifs is 1. The maximum atomic E-state index is 11.6. The van der Waals surface area contributed by atoms with Crippen LogP contribution in [-0.4, -0.2) is 38.7 Å². The molecule has 1 aromatic carbocycles. The smallest absolute Gasteiger partial charge is 0.432 e. The number of para-hydroxylation sites is 1. The fourth-order valence-electron chi connectivity index (χ4n) is 1.67. The summed E-state index contributed by atoms with van der Waals surface area (Å²) in [5, 5.41) is 8.54. The van der Waals surface area contributed by atoms with Gasteiger partial charge >= 0.3 is 6.16 Å². The molecule has 0 aliphatic rings. The maximum absolute atomic E-state index is 11.6. The predicted molar refractivity (Wildman–Crippen MR) is 88.0 cm³/mol. The molecule has 7 nitrogen and oxygen atoms in total. The number of carbonyl (C=O) groups excluding carboxylic acids is 1. The molecule has 0 aliphatic carbocycles. The minimum atomic E-state index is -0.816. The highest BCUT2D eigenvalue weighted by Crippen LogP contribution is 2.28. The molecule has 2 aromatic heterocycles. The molecule has 0 amide bonds. The van der Waals surface area contributed by atoms with E-state index in [4.69, 9.17) is 9.57 Å². The molecule has 23 heavy (non-hydrogen) atoms. The third kappa shape index (κ3) is 4.36. The first-order chi connectivity index (χ1) is 11.3. The van der Waals surface area contributed by atoms with E-state index in [0.29, 0.717) is 16.8 Å². The Labute approximate surface area is 139 Å². The quantitative estimate of drug-likeness (QED) is 0.291. The van der Waals surface area contributed by atoms with Crippen LogP contribution in [0.2, 0.25) is 0 Å². The first-order valence-electron chi connectivity index (χ1n) is 6.69. The normalized spacial score (nSPS) is 10.6. The van der Waals surface area contributed by atoms with Crippen molar-refractivity contribution >= 4 is 38.8 Å². The second-order valence-corrected chi connectivity index (χ2v) is 6.65. The molecule has 0 fully saturated rings. The van der Waals surface area contributed by atoms with Gasteiger partial charge in [-0.15, -0.1) is 5.10 Å². The summed E-state index contributed by atoms with van der Waals surface area (Å²) in [6.07, 6.45) is 0.920. The molecule has 118 valence electrons. The van der Waals surface area contributed by atoms with Crippen LogP contribution in [-0.2, 0) is 4.74 Å². The monoisotopic (exact) mass is 348 g/mol. The van der Waals surface area contributed by atoms with E-state index in [0.717, 1.165) is 9.87 Å². The number of aromatic nitrogens is 4. The van der Waals surface area contributed by atoms with E-state index in [-0.39, 0.29) is 6.61 Å². The third-order valence-corrected chi connectivity index (χ3v) is 4.88. The van der Waals surface area contributed by atoms with Gasteiger partial charge < -0.3 is 4.74 Å². The first kappa shape index (κ1) is 15.6. The van der Waals surface area contributed by atoms with Gasteiger partial charge in [0.2, 0.25) is 0 Å². The highest BCUT2D eigenvalue weighted by molar-refractivity contribution is 8.76. The molecule has 0 spiro atoms. The largest absolute Gasteiger partial charge is 0.535 e. The molecule has 0 atom stereocenters. The van der Waals surface area contributed by atoms with Gasteiger partial charge in [0.05, 0.1) is 0 Å². The third-order valence-electron chi connectivity index (χ3n) is 2.65. The molecule has 0 saturated heterocycles. The van der Waals surface area contributed by atoms with E-state index in [1.807, 2.05) is 30.3 Å². The van der Waals surface area contributed by atoms with Gasteiger partial charge in [-0.1, -0.05) is 33.8 Å². The van der Waals surface area contributed by atoms with E-state index < -0.39 is 6.16 Å². The molecular formula is C14H12N4O3S2. The summed E-state index contributed by atoms with van der Waals surface area (Å²) < 4.78 is 5.00. The number of hydrogen-bond acceptors (Lipinski definition) is 8. The van der Waals surface area contributed by atoms with Crippen LogP contribution in [0.15, 0.2) is 53.7 Å². The summed E-state index contributed by atoms with van der Waals surface area (Å²) in [5.41, 5.74) is 1.24. The molecule has 9 heteroatoms. The van der Waals surface area contributed by atoms with Gasteiger partial charge in [-0.25, -0.2) is 9.78 Å². The van der Waals surface area contributed by atoms with Crippen LogP contribution in [0.25, 0.3) is 11.0 Å². The van der Waals surface area contributed by atoms with Crippen LogP contribution < -0.4 is 4.84 Å². The van der Waals surface area contributed by atoms with Crippen molar-refractivity contribution in [3.63, 3.8) is 0 Å². The van der Waals surface area contributed by atoms with Gasteiger partial charge in [0.25, 0.3) is 0 Å². The van der Waals surface area contributed by atoms with Crippen molar-refractivity contribution in [1.29, 1.82) is 0 Å². The second kappa shape index (κ2) is 7.84. The topological polar surface area (TPSA) is 79.1 Å². The summed E-state index contributed by atoms with van der Waals surface area (Å²) >= 11 is 0. The van der Waals surface area contributed by atoms with E-state index in [9.17, 15) is 4.79 Å². The summed E-state index contributed by atoms with van der Waals surface area (Å²) in [4.78, 5) is 21.8. The molecule has 0 N–H and O–H groups in total. The number of carbonyl (C=O) groups is 1. The Morgan fingerprint density at radius 3 is 2.91 bits per heavy atom. The lowest BCUT2D eigenvalue weighted by Crippen LogP contribution is -2.22. The molecule has 3 aromatic rings. The summed E-state index contributed by atoms with van der Waals surface area (Å²) in [5.74, 6) is 0.619. The minimum Gasteiger partial charge on any atom is -0.432 e. The lowest BCUT2D eigenvalue weighted by atomic mass is 10.3. The zero-order chi connectivity index (χ0) is 15.9. The molecule has 3 rings (SSSR count). The van der Waals surface area contributed by atoms with Crippen LogP contribution in [0, 0.1) is 0 Å². The standard InChI is InChI=1S/C14H12N4O3S2/c19-14(20-9-10-22-23-13-7-3-4-8-15-13)21-18-12-6-2-1-5-11(12)16-17-18/h1-8H,9-10H2. The van der Waals surface area contributed by atoms with Gasteiger partial charge in [0.15, 0.2) is 0 Å². The summed E-state index contributed by atoms with van der Waals surface area (Å²) in [6, 6.07) is 12.9. The number of nitrogens with zero attached hydrogens (tertiary/aromatic N) is 4.